The average molecular weight is 863 g/mol. The Balaban J connectivity index is 1.14. The maximum Gasteiger partial charge on any atom is 0.179 e. The van der Waals surface area contributed by atoms with Gasteiger partial charge in [0, 0.05) is 53.4 Å². The van der Waals surface area contributed by atoms with E-state index >= 15 is 0 Å². The summed E-state index contributed by atoms with van der Waals surface area (Å²) in [5.41, 5.74) is 9.39. The number of nitrogens with zero attached hydrogens (tertiary/aromatic N) is 2. The quantitative estimate of drug-likeness (QED) is 0.119. The monoisotopic (exact) mass is 862 g/mol. The molecule has 2 nitrogen and oxygen atoms in total. The second-order valence-electron chi connectivity index (χ2n) is 20.0. The third-order valence-electron chi connectivity index (χ3n) is 15.6. The van der Waals surface area contributed by atoms with Gasteiger partial charge in [0.25, 0.3) is 0 Å². The molecule has 4 heteroatoms. The van der Waals surface area contributed by atoms with Crippen LogP contribution in [0.15, 0.2) is 188 Å². The minimum Gasteiger partial charge on any atom is -0.334 e. The number of thiophene rings is 1. The van der Waals surface area contributed by atoms with Crippen LogP contribution in [-0.2, 0) is 10.8 Å². The number of rotatable bonds is 6. The van der Waals surface area contributed by atoms with E-state index in [2.05, 4.69) is 232 Å². The molecule has 2 unspecified atom stereocenters. The topological polar surface area (TPSA) is 8.17 Å². The summed E-state index contributed by atoms with van der Waals surface area (Å²) >= 11 is 1.91. The van der Waals surface area contributed by atoms with E-state index in [-0.39, 0.29) is 16.4 Å². The number of hydrogen-bond acceptors (Lipinski definition) is 2. The Hall–Kier alpha value is -6.20. The number of benzene rings is 8. The highest BCUT2D eigenvalue weighted by Crippen LogP contribution is 2.61. The number of aromatic nitrogens is 1. The zero-order valence-corrected chi connectivity index (χ0v) is 39.3. The highest BCUT2D eigenvalue weighted by Gasteiger charge is 2.58. The van der Waals surface area contributed by atoms with Crippen molar-refractivity contribution in [2.45, 2.75) is 76.7 Å². The zero-order chi connectivity index (χ0) is 43.4. The van der Waals surface area contributed by atoms with Crippen molar-refractivity contribution in [1.82, 2.24) is 4.57 Å². The molecule has 1 fully saturated rings. The van der Waals surface area contributed by atoms with E-state index in [0.717, 1.165) is 0 Å². The van der Waals surface area contributed by atoms with Crippen molar-refractivity contribution < 1.29 is 0 Å². The molecule has 1 aliphatic heterocycles. The summed E-state index contributed by atoms with van der Waals surface area (Å²) in [6.45, 7) is 12.2. The molecule has 2 aliphatic rings. The molecule has 10 aromatic rings. The van der Waals surface area contributed by atoms with Crippen LogP contribution in [0, 0.1) is 0 Å². The van der Waals surface area contributed by atoms with Gasteiger partial charge >= 0.3 is 0 Å². The molecule has 1 aliphatic carbocycles. The second kappa shape index (κ2) is 14.4. The van der Waals surface area contributed by atoms with Crippen molar-refractivity contribution in [2.24, 2.45) is 0 Å². The van der Waals surface area contributed by atoms with Crippen LogP contribution in [-0.4, -0.2) is 18.2 Å². The molecule has 8 aromatic carbocycles. The van der Waals surface area contributed by atoms with Crippen molar-refractivity contribution >= 4 is 93.5 Å². The predicted molar refractivity (Wildman–Crippen MR) is 279 cm³/mol. The number of anilines is 2. The predicted octanol–water partition coefficient (Wildman–Crippen LogP) is 13.6. The van der Waals surface area contributed by atoms with Gasteiger partial charge in [-0.2, -0.15) is 0 Å². The van der Waals surface area contributed by atoms with Gasteiger partial charge < -0.3 is 9.47 Å². The molecule has 3 heterocycles. The summed E-state index contributed by atoms with van der Waals surface area (Å²) in [4.78, 5) is 2.77. The highest BCUT2D eigenvalue weighted by atomic mass is 32.1. The maximum atomic E-state index is 2.77. The van der Waals surface area contributed by atoms with Crippen molar-refractivity contribution in [3.05, 3.63) is 199 Å². The lowest BCUT2D eigenvalue weighted by atomic mass is 9.61. The third-order valence-corrected chi connectivity index (χ3v) is 21.6. The molecule has 0 spiro atoms. The van der Waals surface area contributed by atoms with Gasteiger partial charge in [-0.05, 0) is 112 Å². The summed E-state index contributed by atoms with van der Waals surface area (Å²) in [6.07, 6.45) is 4.91. The fourth-order valence-corrected chi connectivity index (χ4v) is 18.2. The van der Waals surface area contributed by atoms with Crippen LogP contribution in [0.3, 0.4) is 0 Å². The molecule has 314 valence electrons. The molecule has 0 bridgehead atoms. The molecule has 12 rings (SSSR count). The van der Waals surface area contributed by atoms with Gasteiger partial charge in [-0.3, -0.25) is 0 Å². The Labute approximate surface area is 382 Å². The van der Waals surface area contributed by atoms with Gasteiger partial charge in [0.1, 0.15) is 0 Å². The van der Waals surface area contributed by atoms with Gasteiger partial charge in [-0.15, -0.1) is 11.3 Å². The van der Waals surface area contributed by atoms with Crippen molar-refractivity contribution in [1.29, 1.82) is 0 Å². The lowest BCUT2D eigenvalue weighted by Crippen LogP contribution is -2.74. The Bertz CT molecular complexity index is 3320. The van der Waals surface area contributed by atoms with E-state index in [0.29, 0.717) is 0 Å². The minimum atomic E-state index is -2.78. The molecule has 2 atom stereocenters. The van der Waals surface area contributed by atoms with E-state index in [1.165, 1.54) is 117 Å². The molecule has 0 saturated heterocycles. The normalized spacial score (nSPS) is 18.9. The lowest BCUT2D eigenvalue weighted by Gasteiger charge is -2.50. The van der Waals surface area contributed by atoms with Crippen LogP contribution in [0.4, 0.5) is 11.4 Å². The summed E-state index contributed by atoms with van der Waals surface area (Å²) in [6, 6.07) is 72.1. The molecular weight excluding hydrogens is 809 g/mol. The van der Waals surface area contributed by atoms with Gasteiger partial charge in [0.15, 0.2) is 8.07 Å². The van der Waals surface area contributed by atoms with Gasteiger partial charge in [0.2, 0.25) is 0 Å². The summed E-state index contributed by atoms with van der Waals surface area (Å²) in [7, 11) is -2.78. The Morgan fingerprint density at radius 3 is 1.81 bits per heavy atom. The molecule has 0 N–H and O–H groups in total. The third kappa shape index (κ3) is 5.55. The van der Waals surface area contributed by atoms with E-state index in [4.69, 9.17) is 0 Å². The first-order valence-corrected chi connectivity index (χ1v) is 26.0. The molecule has 1 saturated carbocycles. The van der Waals surface area contributed by atoms with Crippen LogP contribution in [0.25, 0.3) is 47.7 Å². The van der Waals surface area contributed by atoms with Gasteiger partial charge in [0.05, 0.1) is 16.6 Å². The first-order chi connectivity index (χ1) is 31.1. The van der Waals surface area contributed by atoms with Crippen molar-refractivity contribution in [2.75, 3.05) is 4.90 Å². The Morgan fingerprint density at radius 1 is 0.500 bits per heavy atom. The van der Waals surface area contributed by atoms with E-state index in [9.17, 15) is 0 Å². The number of fused-ring (bicyclic) bond motifs is 10. The first-order valence-electron chi connectivity index (χ1n) is 23.2. The zero-order valence-electron chi connectivity index (χ0n) is 37.5. The Morgan fingerprint density at radius 2 is 1.12 bits per heavy atom. The largest absolute Gasteiger partial charge is 0.334 e. The first kappa shape index (κ1) is 39.4. The molecule has 0 amide bonds. The fraction of sp³-hybridized carbons (Fsp3) is 0.200. The lowest BCUT2D eigenvalue weighted by molar-refractivity contribution is 0.195. The van der Waals surface area contributed by atoms with Crippen LogP contribution >= 0.6 is 11.3 Å². The standard InChI is InChI=1S/C60H54N2SSi/c1-58(2,3)41-30-32-52-50(38-41)59(4)36-17-18-37-60(59,5)62(52)43-31-33-51-49(40-43)56-53(34-35-55-57(56)48-28-15-16-29-54(48)63-55)61(51)42-20-19-27-47(39-42)64(44-21-9-6-10-22-44,45-23-11-7-12-24-45)46-25-13-8-14-26-46/h6-16,19-35,38-40H,17-18,36-37H2,1-5H3. The number of hydrogen-bond donors (Lipinski definition) is 0. The van der Waals surface area contributed by atoms with Gasteiger partial charge in [-0.1, -0.05) is 174 Å². The molecular formula is C60H54N2SSi. The van der Waals surface area contributed by atoms with E-state index in [1.54, 1.807) is 0 Å². The van der Waals surface area contributed by atoms with Crippen LogP contribution in [0.1, 0.15) is 71.4 Å². The van der Waals surface area contributed by atoms with E-state index in [1.807, 2.05) is 11.3 Å². The fourth-order valence-electron chi connectivity index (χ4n) is 12.3. The van der Waals surface area contributed by atoms with Crippen molar-refractivity contribution in [3.8, 4) is 5.69 Å². The highest BCUT2D eigenvalue weighted by molar-refractivity contribution is 7.26. The Kier molecular flexibility index (Phi) is 8.87. The summed E-state index contributed by atoms with van der Waals surface area (Å²) in [5.74, 6) is 0. The molecule has 0 radical (unpaired) electrons. The smallest absolute Gasteiger partial charge is 0.179 e. The summed E-state index contributed by atoms with van der Waals surface area (Å²) < 4.78 is 5.25. The minimum absolute atomic E-state index is 0.0465. The summed E-state index contributed by atoms with van der Waals surface area (Å²) in [5, 5.41) is 10.9. The van der Waals surface area contributed by atoms with Crippen LogP contribution < -0.4 is 25.6 Å². The van der Waals surface area contributed by atoms with Crippen LogP contribution in [0.2, 0.25) is 0 Å². The molecule has 2 aromatic heterocycles. The average Bonchev–Trinajstić information content (AvgIpc) is 3.93. The van der Waals surface area contributed by atoms with E-state index < -0.39 is 8.07 Å². The van der Waals surface area contributed by atoms with Crippen LogP contribution in [0.5, 0.6) is 0 Å². The van der Waals surface area contributed by atoms with Gasteiger partial charge in [-0.25, -0.2) is 0 Å². The SMILES string of the molecule is CC(C)(C)c1ccc2c(c1)C1(C)CCCCC1(C)N2c1ccc2c(c1)c1c3c(ccc1n2-c1cccc([Si](c2ccccc2)(c2ccccc2)c2ccccc2)c1)sc1ccccc13. The van der Waals surface area contributed by atoms with Crippen molar-refractivity contribution in [3.63, 3.8) is 0 Å². The second-order valence-corrected chi connectivity index (χ2v) is 24.9. The maximum absolute atomic E-state index is 2.78. The molecule has 64 heavy (non-hydrogen) atoms.